The van der Waals surface area contributed by atoms with Gasteiger partial charge in [-0.2, -0.15) is 17.7 Å². The Kier molecular flexibility index (Phi) is 8.00. The Balaban J connectivity index is 1.57. The molecule has 7 aromatic rings. The summed E-state index contributed by atoms with van der Waals surface area (Å²) in [4.78, 5) is 0. The molecule has 0 aliphatic rings. The van der Waals surface area contributed by atoms with E-state index in [1.807, 2.05) is 12.1 Å². The molecular formula is C42H46F3N2OSSi+. The molecule has 4 aromatic carbocycles. The van der Waals surface area contributed by atoms with Gasteiger partial charge in [0.1, 0.15) is 22.4 Å². The molecule has 3 nitrogen and oxygen atoms in total. The molecule has 0 aliphatic heterocycles. The molecule has 50 heavy (non-hydrogen) atoms. The number of furan rings is 1. The van der Waals surface area contributed by atoms with Crippen LogP contribution in [0, 0.1) is 6.92 Å². The molecule has 0 saturated carbocycles. The molecule has 0 atom stereocenters. The van der Waals surface area contributed by atoms with Crippen LogP contribution in [0.4, 0.5) is 13.2 Å². The van der Waals surface area contributed by atoms with Crippen LogP contribution in [-0.2, 0) is 12.5 Å². The van der Waals surface area contributed by atoms with Crippen LogP contribution in [0.5, 0.6) is 0 Å². The zero-order chi connectivity index (χ0) is 36.2. The average molecular weight is 712 g/mol. The highest BCUT2D eigenvalue weighted by Crippen LogP contribution is 2.47. The lowest BCUT2D eigenvalue weighted by Gasteiger charge is -2.25. The van der Waals surface area contributed by atoms with Crippen molar-refractivity contribution in [2.75, 3.05) is 0 Å². The van der Waals surface area contributed by atoms with E-state index in [-0.39, 0.29) is 5.76 Å². The highest BCUT2D eigenvalue weighted by molar-refractivity contribution is 7.26. The van der Waals surface area contributed by atoms with Crippen LogP contribution in [-0.4, -0.2) is 18.8 Å². The van der Waals surface area contributed by atoms with Crippen molar-refractivity contribution in [3.8, 4) is 17.1 Å². The largest absolute Gasteiger partial charge is 0.460 e. The van der Waals surface area contributed by atoms with Crippen molar-refractivity contribution in [3.05, 3.63) is 89.2 Å². The third-order valence-electron chi connectivity index (χ3n) is 10.6. The third kappa shape index (κ3) is 5.24. The average Bonchev–Trinajstić information content (AvgIpc) is 3.69. The van der Waals surface area contributed by atoms with Crippen molar-refractivity contribution in [1.82, 2.24) is 4.57 Å². The SMILES string of the molecule is Cc1ccc2c(sc3cc4cc(C(C)(C)C(F)(F)F)oc4cc32)c1-c1n(-c2c(C(C)C)cc([Si](C)(C)C)cc2C(C)C)c2ccccc2[n+]1C. The molecule has 0 aliphatic carbocycles. The highest BCUT2D eigenvalue weighted by Gasteiger charge is 2.51. The number of imidazole rings is 1. The summed E-state index contributed by atoms with van der Waals surface area (Å²) < 4.78 is 54.8. The molecule has 3 aromatic heterocycles. The molecule has 0 unspecified atom stereocenters. The molecule has 0 bridgehead atoms. The molecule has 8 heteroatoms. The number of hydrogen-bond acceptors (Lipinski definition) is 2. The summed E-state index contributed by atoms with van der Waals surface area (Å²) in [5, 5.41) is 4.21. The van der Waals surface area contributed by atoms with Gasteiger partial charge in [0.25, 0.3) is 5.82 Å². The van der Waals surface area contributed by atoms with Crippen LogP contribution in [0.3, 0.4) is 0 Å². The number of benzene rings is 4. The Morgan fingerprint density at radius 2 is 1.48 bits per heavy atom. The number of alkyl halides is 3. The molecule has 0 N–H and O–H groups in total. The Labute approximate surface area is 297 Å². The van der Waals surface area contributed by atoms with Crippen LogP contribution >= 0.6 is 11.3 Å². The number of aromatic nitrogens is 2. The van der Waals surface area contributed by atoms with E-state index in [4.69, 9.17) is 4.42 Å². The van der Waals surface area contributed by atoms with E-state index in [9.17, 15) is 13.2 Å². The van der Waals surface area contributed by atoms with Crippen LogP contribution in [0.25, 0.3) is 59.3 Å². The number of nitrogens with zero attached hydrogens (tertiary/aromatic N) is 2. The first-order chi connectivity index (χ1) is 23.3. The fraction of sp³-hybridized carbons (Fsp3) is 0.357. The predicted octanol–water partition coefficient (Wildman–Crippen LogP) is 12.2. The van der Waals surface area contributed by atoms with Gasteiger partial charge in [-0.1, -0.05) is 88.9 Å². The van der Waals surface area contributed by atoms with E-state index in [0.717, 1.165) is 48.2 Å². The zero-order valence-electron chi connectivity index (χ0n) is 30.9. The molecule has 0 saturated heterocycles. The summed E-state index contributed by atoms with van der Waals surface area (Å²) in [6.07, 6.45) is -4.43. The number of fused-ring (bicyclic) bond motifs is 5. The van der Waals surface area contributed by atoms with E-state index >= 15 is 0 Å². The maximum absolute atomic E-state index is 13.9. The maximum Gasteiger partial charge on any atom is 0.400 e. The minimum Gasteiger partial charge on any atom is -0.460 e. The van der Waals surface area contributed by atoms with Gasteiger partial charge < -0.3 is 4.42 Å². The smallest absolute Gasteiger partial charge is 0.400 e. The van der Waals surface area contributed by atoms with E-state index in [0.29, 0.717) is 22.8 Å². The minimum absolute atomic E-state index is 0.0721. The van der Waals surface area contributed by atoms with Crippen LogP contribution < -0.4 is 9.75 Å². The lowest BCUT2D eigenvalue weighted by atomic mass is 9.89. The second-order valence-electron chi connectivity index (χ2n) is 16.1. The predicted molar refractivity (Wildman–Crippen MR) is 208 cm³/mol. The maximum atomic E-state index is 13.9. The summed E-state index contributed by atoms with van der Waals surface area (Å²) in [6.45, 7) is 21.0. The summed E-state index contributed by atoms with van der Waals surface area (Å²) in [5.41, 5.74) is 6.99. The second kappa shape index (κ2) is 11.6. The second-order valence-corrected chi connectivity index (χ2v) is 22.3. The Bertz CT molecular complexity index is 2440. The van der Waals surface area contributed by atoms with Gasteiger partial charge in [-0.05, 0) is 68.5 Å². The van der Waals surface area contributed by atoms with Crippen molar-refractivity contribution in [2.24, 2.45) is 7.05 Å². The number of thiophene rings is 1. The van der Waals surface area contributed by atoms with Gasteiger partial charge in [-0.3, -0.25) is 0 Å². The molecule has 0 fully saturated rings. The van der Waals surface area contributed by atoms with Gasteiger partial charge in [0.15, 0.2) is 11.0 Å². The van der Waals surface area contributed by atoms with Crippen LogP contribution in [0.2, 0.25) is 19.6 Å². The lowest BCUT2D eigenvalue weighted by Crippen LogP contribution is -2.38. The summed E-state index contributed by atoms with van der Waals surface area (Å²) in [6, 6.07) is 23.4. The highest BCUT2D eigenvalue weighted by atomic mass is 32.1. The Morgan fingerprint density at radius 1 is 0.840 bits per heavy atom. The molecule has 7 rings (SSSR count). The van der Waals surface area contributed by atoms with Gasteiger partial charge in [0.05, 0.1) is 25.4 Å². The van der Waals surface area contributed by atoms with Crippen molar-refractivity contribution in [3.63, 3.8) is 0 Å². The topological polar surface area (TPSA) is 21.9 Å². The minimum atomic E-state index is -4.43. The van der Waals surface area contributed by atoms with Crippen molar-refractivity contribution in [1.29, 1.82) is 0 Å². The first kappa shape index (κ1) is 34.6. The monoisotopic (exact) mass is 711 g/mol. The summed E-state index contributed by atoms with van der Waals surface area (Å²) in [5.74, 6) is 1.66. The summed E-state index contributed by atoms with van der Waals surface area (Å²) >= 11 is 1.70. The van der Waals surface area contributed by atoms with E-state index in [1.165, 1.54) is 35.8 Å². The number of hydrogen-bond donors (Lipinski definition) is 0. The van der Waals surface area contributed by atoms with Gasteiger partial charge >= 0.3 is 6.18 Å². The Morgan fingerprint density at radius 3 is 2.08 bits per heavy atom. The third-order valence-corrected chi connectivity index (χ3v) is 13.8. The zero-order valence-corrected chi connectivity index (χ0v) is 32.7. The van der Waals surface area contributed by atoms with Crippen LogP contribution in [0.15, 0.2) is 71.1 Å². The first-order valence-corrected chi connectivity index (χ1v) is 21.8. The molecule has 0 spiro atoms. The van der Waals surface area contributed by atoms with Crippen LogP contribution in [0.1, 0.15) is 75.8 Å². The molecule has 0 amide bonds. The van der Waals surface area contributed by atoms with Gasteiger partial charge in [-0.15, -0.1) is 11.3 Å². The molecule has 0 radical (unpaired) electrons. The van der Waals surface area contributed by atoms with E-state index < -0.39 is 19.7 Å². The number of para-hydroxylation sites is 2. The normalized spacial score (nSPS) is 13.4. The fourth-order valence-electron chi connectivity index (χ4n) is 7.27. The van der Waals surface area contributed by atoms with Gasteiger partial charge in [0, 0.05) is 32.0 Å². The quantitative estimate of drug-likeness (QED) is 0.124. The first-order valence-electron chi connectivity index (χ1n) is 17.5. The Hall–Kier alpha value is -3.88. The number of halogens is 3. The van der Waals surface area contributed by atoms with E-state index in [1.54, 1.807) is 17.4 Å². The molecule has 3 heterocycles. The number of rotatable bonds is 6. The van der Waals surface area contributed by atoms with Gasteiger partial charge in [-0.25, -0.2) is 4.57 Å². The number of aryl methyl sites for hydroxylation is 2. The van der Waals surface area contributed by atoms with Gasteiger partial charge in [0.2, 0.25) is 0 Å². The van der Waals surface area contributed by atoms with Crippen molar-refractivity contribution in [2.45, 2.75) is 91.5 Å². The molecule has 260 valence electrons. The fourth-order valence-corrected chi connectivity index (χ4v) is 9.77. The van der Waals surface area contributed by atoms with Crippen molar-refractivity contribution >= 4 is 66.8 Å². The van der Waals surface area contributed by atoms with E-state index in [2.05, 4.69) is 119 Å². The summed E-state index contributed by atoms with van der Waals surface area (Å²) in [7, 11) is 0.547. The standard InChI is InChI=1S/C42H46F3N2OSSi/c1-23(2)29-20-27(50(9,10)11)21-30(24(3)4)38(29)47-33-15-13-12-14-32(33)46(8)40(47)37-25(5)16-17-28-31-22-34-26(18-35(31)49-39(28)37)19-36(48-34)41(6,7)42(43,44)45/h12-24H,1-11H3/q+1. The van der Waals surface area contributed by atoms with Crippen molar-refractivity contribution < 1.29 is 22.2 Å². The lowest BCUT2D eigenvalue weighted by molar-refractivity contribution is -0.633. The molecular weight excluding hydrogens is 666 g/mol.